The van der Waals surface area contributed by atoms with Crippen molar-refractivity contribution in [3.8, 4) is 17.7 Å². The van der Waals surface area contributed by atoms with Crippen molar-refractivity contribution in [1.82, 2.24) is 9.97 Å². The second-order valence-corrected chi connectivity index (χ2v) is 3.75. The largest absolute Gasteiger partial charge is 0.437 e. The average Bonchev–Trinajstić information content (AvgIpc) is 2.41. The quantitative estimate of drug-likeness (QED) is 0.919. The molecule has 0 spiro atoms. The van der Waals surface area contributed by atoms with Gasteiger partial charge in [-0.05, 0) is 18.2 Å². The van der Waals surface area contributed by atoms with Crippen LogP contribution >= 0.6 is 11.6 Å². The molecule has 2 rings (SSSR count). The van der Waals surface area contributed by atoms with Gasteiger partial charge in [0.05, 0.1) is 17.8 Å². The van der Waals surface area contributed by atoms with Gasteiger partial charge in [0, 0.05) is 7.05 Å². The van der Waals surface area contributed by atoms with E-state index in [1.54, 1.807) is 31.3 Å². The molecule has 18 heavy (non-hydrogen) atoms. The van der Waals surface area contributed by atoms with Crippen LogP contribution in [-0.2, 0) is 0 Å². The third-order valence-corrected chi connectivity index (χ3v) is 2.37. The Hall–Kier alpha value is -2.32. The Bertz CT molecular complexity index is 609. The highest BCUT2D eigenvalue weighted by atomic mass is 35.5. The van der Waals surface area contributed by atoms with Crippen molar-refractivity contribution in [2.45, 2.75) is 0 Å². The number of hydrogen-bond donors (Lipinski definition) is 1. The number of nitrogens with one attached hydrogen (secondary N) is 1. The van der Waals surface area contributed by atoms with Crippen LogP contribution in [0.1, 0.15) is 5.56 Å². The third-order valence-electron chi connectivity index (χ3n) is 2.11. The molecule has 0 saturated heterocycles. The molecule has 90 valence electrons. The number of halogens is 1. The Balaban J connectivity index is 2.30. The molecule has 0 bridgehead atoms. The third kappa shape index (κ3) is 2.67. The standard InChI is InChI=1S/C12H9ClN4O/c1-15-12-16-7-10(13)11(17-12)18-9-4-2-3-8(5-9)6-14/h2-5,7H,1H3,(H,15,16,17). The summed E-state index contributed by atoms with van der Waals surface area (Å²) in [6, 6.07) is 8.77. The number of benzene rings is 1. The van der Waals surface area contributed by atoms with Gasteiger partial charge in [0.2, 0.25) is 11.8 Å². The summed E-state index contributed by atoms with van der Waals surface area (Å²) in [5, 5.41) is 11.9. The van der Waals surface area contributed by atoms with Crippen molar-refractivity contribution in [3.63, 3.8) is 0 Å². The maximum atomic E-state index is 8.80. The summed E-state index contributed by atoms with van der Waals surface area (Å²) in [7, 11) is 1.70. The zero-order valence-electron chi connectivity index (χ0n) is 9.51. The number of aromatic nitrogens is 2. The molecule has 0 aliphatic rings. The molecule has 2 aromatic rings. The normalized spacial score (nSPS) is 9.61. The number of hydrogen-bond acceptors (Lipinski definition) is 5. The van der Waals surface area contributed by atoms with E-state index in [0.29, 0.717) is 22.3 Å². The van der Waals surface area contributed by atoms with E-state index in [-0.39, 0.29) is 5.88 Å². The lowest BCUT2D eigenvalue weighted by Crippen LogP contribution is -1.98. The predicted molar refractivity (Wildman–Crippen MR) is 67.8 cm³/mol. The molecule has 6 heteroatoms. The predicted octanol–water partition coefficient (Wildman–Crippen LogP) is 2.84. The van der Waals surface area contributed by atoms with Gasteiger partial charge in [-0.15, -0.1) is 0 Å². The fraction of sp³-hybridized carbons (Fsp3) is 0.0833. The lowest BCUT2D eigenvalue weighted by molar-refractivity contribution is 0.462. The van der Waals surface area contributed by atoms with Crippen LogP contribution in [0.3, 0.4) is 0 Å². The van der Waals surface area contributed by atoms with Crippen LogP contribution in [0.2, 0.25) is 5.02 Å². The van der Waals surface area contributed by atoms with Crippen molar-refractivity contribution in [2.24, 2.45) is 0 Å². The maximum Gasteiger partial charge on any atom is 0.243 e. The summed E-state index contributed by atoms with van der Waals surface area (Å²) in [6.45, 7) is 0. The second kappa shape index (κ2) is 5.34. The number of ether oxygens (including phenoxy) is 1. The molecule has 1 aromatic carbocycles. The van der Waals surface area contributed by atoms with E-state index in [1.165, 1.54) is 6.20 Å². The van der Waals surface area contributed by atoms with Crippen molar-refractivity contribution >= 4 is 17.5 Å². The Morgan fingerprint density at radius 2 is 2.28 bits per heavy atom. The smallest absolute Gasteiger partial charge is 0.243 e. The van der Waals surface area contributed by atoms with Crippen molar-refractivity contribution < 1.29 is 4.74 Å². The fourth-order valence-corrected chi connectivity index (χ4v) is 1.41. The molecular weight excluding hydrogens is 252 g/mol. The molecule has 0 fully saturated rings. The molecule has 0 aliphatic carbocycles. The summed E-state index contributed by atoms with van der Waals surface area (Å²) < 4.78 is 5.52. The molecule has 0 amide bonds. The van der Waals surface area contributed by atoms with Crippen LogP contribution in [0.25, 0.3) is 0 Å². The minimum atomic E-state index is 0.242. The van der Waals surface area contributed by atoms with Crippen LogP contribution in [-0.4, -0.2) is 17.0 Å². The average molecular weight is 261 g/mol. The van der Waals surface area contributed by atoms with Crippen LogP contribution in [0, 0.1) is 11.3 Å². The van der Waals surface area contributed by atoms with E-state index in [0.717, 1.165) is 0 Å². The van der Waals surface area contributed by atoms with E-state index < -0.39 is 0 Å². The molecule has 1 heterocycles. The SMILES string of the molecule is CNc1ncc(Cl)c(Oc2cccc(C#N)c2)n1. The van der Waals surface area contributed by atoms with Gasteiger partial charge < -0.3 is 10.1 Å². The molecule has 0 aliphatic heterocycles. The first-order chi connectivity index (χ1) is 8.72. The maximum absolute atomic E-state index is 8.80. The molecule has 1 aromatic heterocycles. The molecule has 0 radical (unpaired) electrons. The van der Waals surface area contributed by atoms with E-state index in [4.69, 9.17) is 21.6 Å². The topological polar surface area (TPSA) is 70.8 Å². The molecule has 1 N–H and O–H groups in total. The Labute approximate surface area is 109 Å². The molecule has 0 unspecified atom stereocenters. The van der Waals surface area contributed by atoms with Crippen molar-refractivity contribution in [1.29, 1.82) is 5.26 Å². The molecule has 0 atom stereocenters. The monoisotopic (exact) mass is 260 g/mol. The number of nitriles is 1. The van der Waals surface area contributed by atoms with Gasteiger partial charge in [0.1, 0.15) is 10.8 Å². The van der Waals surface area contributed by atoms with Gasteiger partial charge >= 0.3 is 0 Å². The van der Waals surface area contributed by atoms with Gasteiger partial charge in [-0.2, -0.15) is 10.2 Å². The highest BCUT2D eigenvalue weighted by molar-refractivity contribution is 6.31. The van der Waals surface area contributed by atoms with Crippen LogP contribution in [0.5, 0.6) is 11.6 Å². The number of nitrogens with zero attached hydrogens (tertiary/aromatic N) is 3. The van der Waals surface area contributed by atoms with Crippen molar-refractivity contribution in [3.05, 3.63) is 41.0 Å². The lowest BCUT2D eigenvalue weighted by atomic mass is 10.2. The van der Waals surface area contributed by atoms with Gasteiger partial charge in [0.25, 0.3) is 0 Å². The van der Waals surface area contributed by atoms with Gasteiger partial charge in [-0.3, -0.25) is 0 Å². The van der Waals surface area contributed by atoms with Gasteiger partial charge in [-0.1, -0.05) is 17.7 Å². The summed E-state index contributed by atoms with van der Waals surface area (Å²) in [5.74, 6) is 1.15. The summed E-state index contributed by atoms with van der Waals surface area (Å²) >= 11 is 5.93. The van der Waals surface area contributed by atoms with Crippen LogP contribution in [0.15, 0.2) is 30.5 Å². The first kappa shape index (κ1) is 12.1. The number of anilines is 1. The highest BCUT2D eigenvalue weighted by Gasteiger charge is 2.07. The van der Waals surface area contributed by atoms with Gasteiger partial charge in [-0.25, -0.2) is 4.98 Å². The Kier molecular flexibility index (Phi) is 3.60. The van der Waals surface area contributed by atoms with E-state index >= 15 is 0 Å². The minimum Gasteiger partial charge on any atom is -0.437 e. The summed E-state index contributed by atoms with van der Waals surface area (Å²) in [6.07, 6.45) is 1.45. The summed E-state index contributed by atoms with van der Waals surface area (Å²) in [4.78, 5) is 8.03. The Morgan fingerprint density at radius 3 is 3.00 bits per heavy atom. The first-order valence-corrected chi connectivity index (χ1v) is 5.49. The van der Waals surface area contributed by atoms with Crippen molar-refractivity contribution in [2.75, 3.05) is 12.4 Å². The van der Waals surface area contributed by atoms with Crippen LogP contribution < -0.4 is 10.1 Å². The first-order valence-electron chi connectivity index (χ1n) is 5.11. The van der Waals surface area contributed by atoms with E-state index in [1.807, 2.05) is 6.07 Å². The molecule has 0 saturated carbocycles. The molecule has 5 nitrogen and oxygen atoms in total. The van der Waals surface area contributed by atoms with E-state index in [2.05, 4.69) is 15.3 Å². The molecular formula is C12H9ClN4O. The summed E-state index contributed by atoms with van der Waals surface area (Å²) in [5.41, 5.74) is 0.506. The fourth-order valence-electron chi connectivity index (χ4n) is 1.28. The Morgan fingerprint density at radius 1 is 1.44 bits per heavy atom. The van der Waals surface area contributed by atoms with Gasteiger partial charge in [0.15, 0.2) is 0 Å². The zero-order chi connectivity index (χ0) is 13.0. The lowest BCUT2D eigenvalue weighted by Gasteiger charge is -2.07. The van der Waals surface area contributed by atoms with E-state index in [9.17, 15) is 0 Å². The zero-order valence-corrected chi connectivity index (χ0v) is 10.3. The number of rotatable bonds is 3. The van der Waals surface area contributed by atoms with Crippen LogP contribution in [0.4, 0.5) is 5.95 Å². The minimum absolute atomic E-state index is 0.242. The highest BCUT2D eigenvalue weighted by Crippen LogP contribution is 2.27. The second-order valence-electron chi connectivity index (χ2n) is 3.34.